The fraction of sp³-hybridized carbons (Fsp3) is 0.882. The zero-order valence-electron chi connectivity index (χ0n) is 13.9. The minimum Gasteiger partial charge on any atom is -0.391 e. The molecule has 0 aromatic carbocycles. The molecular weight excluding hydrogens is 280 g/mol. The van der Waals surface area contributed by atoms with Gasteiger partial charge in [0.1, 0.15) is 6.42 Å². The molecule has 0 bridgehead atoms. The van der Waals surface area contributed by atoms with Gasteiger partial charge in [-0.2, -0.15) is 0 Å². The van der Waals surface area contributed by atoms with Gasteiger partial charge in [-0.25, -0.2) is 0 Å². The van der Waals surface area contributed by atoms with Gasteiger partial charge in [-0.3, -0.25) is 9.59 Å². The molecule has 0 spiro atoms. The molecule has 0 saturated heterocycles. The molecule has 1 aliphatic carbocycles. The fourth-order valence-corrected chi connectivity index (χ4v) is 2.88. The van der Waals surface area contributed by atoms with E-state index >= 15 is 0 Å². The molecule has 0 aromatic rings. The van der Waals surface area contributed by atoms with Gasteiger partial charge >= 0.3 is 0 Å². The van der Waals surface area contributed by atoms with Gasteiger partial charge in [0.15, 0.2) is 0 Å². The van der Waals surface area contributed by atoms with Gasteiger partial charge in [0.2, 0.25) is 11.8 Å². The van der Waals surface area contributed by atoms with Gasteiger partial charge in [-0.05, 0) is 19.3 Å². The van der Waals surface area contributed by atoms with Crippen LogP contribution in [-0.2, 0) is 9.59 Å². The predicted octanol–water partition coefficient (Wildman–Crippen LogP) is 2.27. The highest BCUT2D eigenvalue weighted by Crippen LogP contribution is 2.18. The van der Waals surface area contributed by atoms with Gasteiger partial charge < -0.3 is 15.7 Å². The van der Waals surface area contributed by atoms with Crippen molar-refractivity contribution in [2.75, 3.05) is 6.54 Å². The Hall–Kier alpha value is -1.10. The number of carbonyl (C=O) groups is 2. The molecular formula is C17H32N2O3. The highest BCUT2D eigenvalue weighted by molar-refractivity contribution is 5.96. The predicted molar refractivity (Wildman–Crippen MR) is 87.4 cm³/mol. The number of amides is 2. The third kappa shape index (κ3) is 8.37. The molecule has 3 N–H and O–H groups in total. The third-order valence-corrected chi connectivity index (χ3v) is 4.25. The second-order valence-corrected chi connectivity index (χ2v) is 6.32. The zero-order chi connectivity index (χ0) is 16.2. The molecule has 1 rings (SSSR count). The summed E-state index contributed by atoms with van der Waals surface area (Å²) >= 11 is 0. The number of carbonyl (C=O) groups excluding carboxylic acids is 2. The maximum atomic E-state index is 11.8. The van der Waals surface area contributed by atoms with Crippen LogP contribution in [0.4, 0.5) is 0 Å². The van der Waals surface area contributed by atoms with Gasteiger partial charge in [0.25, 0.3) is 0 Å². The number of aliphatic hydroxyl groups is 1. The summed E-state index contributed by atoms with van der Waals surface area (Å²) in [7, 11) is 0. The molecule has 1 aliphatic rings. The lowest BCUT2D eigenvalue weighted by molar-refractivity contribution is -0.130. The summed E-state index contributed by atoms with van der Waals surface area (Å²) in [5.41, 5.74) is 0. The first-order chi connectivity index (χ1) is 10.6. The number of aliphatic hydroxyl groups excluding tert-OH is 1. The normalized spacial score (nSPS) is 21.4. The van der Waals surface area contributed by atoms with Crippen LogP contribution >= 0.6 is 0 Å². The van der Waals surface area contributed by atoms with Crippen LogP contribution in [0.2, 0.25) is 0 Å². The summed E-state index contributed by atoms with van der Waals surface area (Å²) in [5.74, 6) is -0.511. The van der Waals surface area contributed by atoms with E-state index in [0.29, 0.717) is 6.54 Å². The molecule has 1 saturated carbocycles. The molecule has 5 heteroatoms. The van der Waals surface area contributed by atoms with E-state index in [1.807, 2.05) is 0 Å². The second kappa shape index (κ2) is 11.5. The Morgan fingerprint density at radius 2 is 1.68 bits per heavy atom. The first-order valence-electron chi connectivity index (χ1n) is 8.87. The first-order valence-corrected chi connectivity index (χ1v) is 8.87. The monoisotopic (exact) mass is 312 g/mol. The van der Waals surface area contributed by atoms with Crippen molar-refractivity contribution in [2.45, 2.75) is 89.7 Å². The number of unbranched alkanes of at least 4 members (excludes halogenated alkanes) is 5. The maximum absolute atomic E-state index is 11.8. The average molecular weight is 312 g/mol. The standard InChI is InChI=1S/C17H32N2O3/c1-2-3-4-5-6-9-12-18-16(21)13-17(22)19-14-10-7-8-11-15(14)20/h14-15,20H,2-13H2,1H3,(H,18,21)(H,19,22)/t14-,15+/m1/s1. The van der Waals surface area contributed by atoms with Crippen molar-refractivity contribution < 1.29 is 14.7 Å². The summed E-state index contributed by atoms with van der Waals surface area (Å²) in [5, 5.41) is 15.4. The topological polar surface area (TPSA) is 78.4 Å². The van der Waals surface area contributed by atoms with Crippen LogP contribution in [0.15, 0.2) is 0 Å². The quantitative estimate of drug-likeness (QED) is 0.428. The number of hydrogen-bond donors (Lipinski definition) is 3. The van der Waals surface area contributed by atoms with Crippen molar-refractivity contribution in [3.05, 3.63) is 0 Å². The lowest BCUT2D eigenvalue weighted by Crippen LogP contribution is -2.46. The molecule has 0 aromatic heterocycles. The van der Waals surface area contributed by atoms with Crippen molar-refractivity contribution in [1.29, 1.82) is 0 Å². The van der Waals surface area contributed by atoms with E-state index in [1.54, 1.807) is 0 Å². The number of hydrogen-bond acceptors (Lipinski definition) is 3. The highest BCUT2D eigenvalue weighted by Gasteiger charge is 2.24. The Morgan fingerprint density at radius 3 is 2.41 bits per heavy atom. The van der Waals surface area contributed by atoms with Crippen molar-refractivity contribution in [2.24, 2.45) is 0 Å². The van der Waals surface area contributed by atoms with Crippen LogP contribution in [0.5, 0.6) is 0 Å². The molecule has 1 fully saturated rings. The van der Waals surface area contributed by atoms with Crippen LogP contribution in [0.25, 0.3) is 0 Å². The SMILES string of the molecule is CCCCCCCCNC(=O)CC(=O)N[C@@H]1CCCC[C@@H]1O. The molecule has 22 heavy (non-hydrogen) atoms. The van der Waals surface area contributed by atoms with Gasteiger partial charge in [0.05, 0.1) is 12.1 Å². The van der Waals surface area contributed by atoms with Crippen molar-refractivity contribution in [3.8, 4) is 0 Å². The summed E-state index contributed by atoms with van der Waals surface area (Å²) < 4.78 is 0. The number of nitrogens with one attached hydrogen (secondary N) is 2. The van der Waals surface area contributed by atoms with Crippen LogP contribution in [-0.4, -0.2) is 35.6 Å². The molecule has 128 valence electrons. The molecule has 0 unspecified atom stereocenters. The van der Waals surface area contributed by atoms with E-state index in [9.17, 15) is 14.7 Å². The summed E-state index contributed by atoms with van der Waals surface area (Å²) in [6.45, 7) is 2.84. The minimum absolute atomic E-state index is 0.140. The molecule has 5 nitrogen and oxygen atoms in total. The average Bonchev–Trinajstić information content (AvgIpc) is 2.48. The van der Waals surface area contributed by atoms with Crippen LogP contribution in [0.1, 0.15) is 77.6 Å². The Bertz CT molecular complexity index is 334. The highest BCUT2D eigenvalue weighted by atomic mass is 16.3. The number of rotatable bonds is 10. The fourth-order valence-electron chi connectivity index (χ4n) is 2.88. The minimum atomic E-state index is -0.469. The van der Waals surface area contributed by atoms with Gasteiger partial charge in [-0.15, -0.1) is 0 Å². The summed E-state index contributed by atoms with van der Waals surface area (Å²) in [6.07, 6.45) is 10.0. The third-order valence-electron chi connectivity index (χ3n) is 4.25. The van der Waals surface area contributed by atoms with E-state index in [0.717, 1.165) is 38.5 Å². The van der Waals surface area contributed by atoms with Gasteiger partial charge in [0, 0.05) is 6.54 Å². The van der Waals surface area contributed by atoms with E-state index in [4.69, 9.17) is 0 Å². The Labute approximate surface area is 134 Å². The van der Waals surface area contributed by atoms with Crippen LogP contribution < -0.4 is 10.6 Å². The van der Waals surface area contributed by atoms with Gasteiger partial charge in [-0.1, -0.05) is 51.9 Å². The summed E-state index contributed by atoms with van der Waals surface area (Å²) in [4.78, 5) is 23.5. The summed E-state index contributed by atoms with van der Waals surface area (Å²) in [6, 6.07) is -0.187. The van der Waals surface area contributed by atoms with E-state index < -0.39 is 6.10 Å². The van der Waals surface area contributed by atoms with Crippen molar-refractivity contribution >= 4 is 11.8 Å². The Morgan fingerprint density at radius 1 is 1.00 bits per heavy atom. The van der Waals surface area contributed by atoms with E-state index in [2.05, 4.69) is 17.6 Å². The first kappa shape index (κ1) is 18.9. The zero-order valence-corrected chi connectivity index (χ0v) is 13.9. The van der Waals surface area contributed by atoms with E-state index in [-0.39, 0.29) is 24.3 Å². The van der Waals surface area contributed by atoms with Crippen molar-refractivity contribution in [3.63, 3.8) is 0 Å². The molecule has 0 radical (unpaired) electrons. The smallest absolute Gasteiger partial charge is 0.229 e. The Kier molecular flexibility index (Phi) is 9.87. The largest absolute Gasteiger partial charge is 0.391 e. The van der Waals surface area contributed by atoms with Crippen molar-refractivity contribution in [1.82, 2.24) is 10.6 Å². The van der Waals surface area contributed by atoms with Crippen LogP contribution in [0.3, 0.4) is 0 Å². The lowest BCUT2D eigenvalue weighted by atomic mass is 9.92. The molecule has 2 amide bonds. The van der Waals surface area contributed by atoms with E-state index in [1.165, 1.54) is 25.7 Å². The van der Waals surface area contributed by atoms with Crippen LogP contribution in [0, 0.1) is 0 Å². The molecule has 2 atom stereocenters. The second-order valence-electron chi connectivity index (χ2n) is 6.32. The molecule has 0 heterocycles. The lowest BCUT2D eigenvalue weighted by Gasteiger charge is -2.28. The maximum Gasteiger partial charge on any atom is 0.229 e. The molecule has 0 aliphatic heterocycles. The Balaban J connectivity index is 2.05.